The average Bonchev–Trinajstić information content (AvgIpc) is 2.96. The van der Waals surface area contributed by atoms with Gasteiger partial charge < -0.3 is 0 Å². The van der Waals surface area contributed by atoms with E-state index in [0.717, 1.165) is 0 Å². The molecular formula is C24H21N3O9S3. The van der Waals surface area contributed by atoms with Gasteiger partial charge in [-0.05, 0) is 54.6 Å². The van der Waals surface area contributed by atoms with Crippen molar-refractivity contribution in [3.8, 4) is 0 Å². The molecule has 0 aliphatic carbocycles. The maximum absolute atomic E-state index is 12.6. The van der Waals surface area contributed by atoms with Gasteiger partial charge in [0.25, 0.3) is 0 Å². The second kappa shape index (κ2) is 11.8. The van der Waals surface area contributed by atoms with Gasteiger partial charge in [0.05, 0.1) is 31.7 Å². The zero-order valence-electron chi connectivity index (χ0n) is 19.8. The van der Waals surface area contributed by atoms with E-state index in [4.69, 9.17) is 12.9 Å². The summed E-state index contributed by atoms with van der Waals surface area (Å²) < 4.78 is 89.7. The molecule has 0 saturated heterocycles. The molecule has 0 fully saturated rings. The lowest BCUT2D eigenvalue weighted by atomic mass is 10.2. The van der Waals surface area contributed by atoms with Crippen LogP contribution in [0.25, 0.3) is 0 Å². The lowest BCUT2D eigenvalue weighted by Crippen LogP contribution is -2.16. The van der Waals surface area contributed by atoms with Crippen molar-refractivity contribution in [3.63, 3.8) is 0 Å². The molecule has 0 bridgehead atoms. The minimum absolute atomic E-state index is 0.0363. The fourth-order valence-corrected chi connectivity index (χ4v) is 5.35. The molecular weight excluding hydrogens is 570 g/mol. The van der Waals surface area contributed by atoms with Crippen LogP contribution in [0.5, 0.6) is 0 Å². The first-order chi connectivity index (χ1) is 18.6. The SMILES string of the molecule is O=S(=O)(ONc1ccc(NOS(=O)(=O)c2ccccc2)c(NOS(=O)(=O)c2ccccc2)c1)c1ccccc1. The summed E-state index contributed by atoms with van der Waals surface area (Å²) in [6, 6.07) is 25.7. The minimum atomic E-state index is -4.29. The Bertz CT molecular complexity index is 1740. The van der Waals surface area contributed by atoms with Crippen molar-refractivity contribution >= 4 is 47.4 Å². The van der Waals surface area contributed by atoms with Crippen LogP contribution in [0.15, 0.2) is 124 Å². The number of hydrogen-bond donors (Lipinski definition) is 3. The third-order valence-electron chi connectivity index (χ3n) is 4.91. The van der Waals surface area contributed by atoms with Gasteiger partial charge in [0.1, 0.15) is 0 Å². The Balaban J connectivity index is 1.57. The molecule has 0 amide bonds. The van der Waals surface area contributed by atoms with Crippen molar-refractivity contribution in [1.29, 1.82) is 0 Å². The van der Waals surface area contributed by atoms with E-state index in [1.165, 1.54) is 91.0 Å². The predicted octanol–water partition coefficient (Wildman–Crippen LogP) is 3.88. The van der Waals surface area contributed by atoms with Crippen molar-refractivity contribution < 1.29 is 38.1 Å². The summed E-state index contributed by atoms with van der Waals surface area (Å²) in [6.45, 7) is 0. The van der Waals surface area contributed by atoms with E-state index < -0.39 is 30.4 Å². The molecule has 12 nitrogen and oxygen atoms in total. The van der Waals surface area contributed by atoms with Crippen LogP contribution in [0.3, 0.4) is 0 Å². The summed E-state index contributed by atoms with van der Waals surface area (Å²) in [7, 11) is -12.7. The summed E-state index contributed by atoms with van der Waals surface area (Å²) >= 11 is 0. The Morgan fingerprint density at radius 2 is 0.769 bits per heavy atom. The van der Waals surface area contributed by atoms with Crippen LogP contribution < -0.4 is 16.4 Å². The molecule has 39 heavy (non-hydrogen) atoms. The standard InChI is InChI=1S/C24H21N3O9S3/c28-37(29,20-10-4-1-5-11-20)34-25-19-16-17-23(26-35-38(30,31)21-12-6-2-7-13-21)24(18-19)27-36-39(32,33)22-14-8-3-9-15-22/h1-18,25-27H. The Hall–Kier alpha value is -3.99. The second-order valence-corrected chi connectivity index (χ2v) is 12.3. The summed E-state index contributed by atoms with van der Waals surface area (Å²) in [5, 5.41) is 0. The zero-order chi connectivity index (χ0) is 27.9. The number of hydrogen-bond acceptors (Lipinski definition) is 12. The van der Waals surface area contributed by atoms with Crippen molar-refractivity contribution in [2.45, 2.75) is 14.7 Å². The third-order valence-corrected chi connectivity index (χ3v) is 8.36. The van der Waals surface area contributed by atoms with Crippen LogP contribution in [0, 0.1) is 0 Å². The van der Waals surface area contributed by atoms with Gasteiger partial charge in [0, 0.05) is 0 Å². The van der Waals surface area contributed by atoms with Gasteiger partial charge in [-0.3, -0.25) is 0 Å². The Labute approximate surface area is 225 Å². The minimum Gasteiger partial charge on any atom is -0.249 e. The van der Waals surface area contributed by atoms with Crippen molar-refractivity contribution in [3.05, 3.63) is 109 Å². The highest BCUT2D eigenvalue weighted by atomic mass is 32.2. The number of benzene rings is 4. The first kappa shape index (κ1) is 28.0. The normalized spacial score (nSPS) is 12.0. The number of anilines is 3. The largest absolute Gasteiger partial charge is 0.317 e. The van der Waals surface area contributed by atoms with Crippen molar-refractivity contribution in [2.75, 3.05) is 16.4 Å². The smallest absolute Gasteiger partial charge is 0.249 e. The van der Waals surface area contributed by atoms with Gasteiger partial charge in [-0.25, -0.2) is 16.4 Å². The maximum Gasteiger partial charge on any atom is 0.317 e. The lowest BCUT2D eigenvalue weighted by molar-refractivity contribution is 0.381. The fraction of sp³-hybridized carbons (Fsp3) is 0. The number of nitrogens with one attached hydrogen (secondary N) is 3. The lowest BCUT2D eigenvalue weighted by Gasteiger charge is -2.15. The molecule has 0 radical (unpaired) electrons. The van der Waals surface area contributed by atoms with Crippen LogP contribution in [-0.2, 0) is 43.2 Å². The quantitative estimate of drug-likeness (QED) is 0.204. The van der Waals surface area contributed by atoms with E-state index >= 15 is 0 Å². The van der Waals surface area contributed by atoms with E-state index in [1.807, 2.05) is 0 Å². The monoisotopic (exact) mass is 591 g/mol. The summed E-state index contributed by atoms with van der Waals surface area (Å²) in [5.41, 5.74) is 6.54. The third kappa shape index (κ3) is 7.32. The predicted molar refractivity (Wildman–Crippen MR) is 141 cm³/mol. The molecule has 0 aromatic heterocycles. The fourth-order valence-electron chi connectivity index (χ4n) is 2.99. The summed E-state index contributed by atoms with van der Waals surface area (Å²) in [6.07, 6.45) is 0. The molecule has 15 heteroatoms. The van der Waals surface area contributed by atoms with Gasteiger partial charge >= 0.3 is 30.4 Å². The molecule has 204 valence electrons. The molecule has 4 rings (SSSR count). The van der Waals surface area contributed by atoms with Gasteiger partial charge in [-0.15, -0.1) is 12.9 Å². The van der Waals surface area contributed by atoms with E-state index in [2.05, 4.69) is 16.4 Å². The first-order valence-electron chi connectivity index (χ1n) is 10.9. The maximum atomic E-state index is 12.6. The molecule has 0 atom stereocenters. The highest BCUT2D eigenvalue weighted by Crippen LogP contribution is 2.28. The van der Waals surface area contributed by atoms with Crippen molar-refractivity contribution in [1.82, 2.24) is 0 Å². The molecule has 4 aromatic rings. The Morgan fingerprint density at radius 3 is 1.18 bits per heavy atom. The highest BCUT2D eigenvalue weighted by molar-refractivity contribution is 7.87. The molecule has 0 aliphatic heterocycles. The van der Waals surface area contributed by atoms with Gasteiger partial charge in [-0.1, -0.05) is 54.6 Å². The van der Waals surface area contributed by atoms with E-state index in [1.54, 1.807) is 18.2 Å². The average molecular weight is 592 g/mol. The van der Waals surface area contributed by atoms with Gasteiger partial charge in [0.15, 0.2) is 0 Å². The Kier molecular flexibility index (Phi) is 8.49. The van der Waals surface area contributed by atoms with Gasteiger partial charge in [0.2, 0.25) is 0 Å². The molecule has 0 unspecified atom stereocenters. The molecule has 0 aliphatic rings. The molecule has 4 aromatic carbocycles. The van der Waals surface area contributed by atoms with Crippen LogP contribution in [0.1, 0.15) is 0 Å². The first-order valence-corrected chi connectivity index (χ1v) is 15.2. The van der Waals surface area contributed by atoms with Crippen LogP contribution in [-0.4, -0.2) is 25.3 Å². The van der Waals surface area contributed by atoms with Crippen LogP contribution >= 0.6 is 0 Å². The molecule has 3 N–H and O–H groups in total. The Morgan fingerprint density at radius 1 is 0.410 bits per heavy atom. The van der Waals surface area contributed by atoms with Gasteiger partial charge in [-0.2, -0.15) is 25.3 Å². The van der Waals surface area contributed by atoms with Crippen LogP contribution in [0.2, 0.25) is 0 Å². The van der Waals surface area contributed by atoms with E-state index in [-0.39, 0.29) is 31.7 Å². The second-order valence-electron chi connectivity index (χ2n) is 7.62. The summed E-state index contributed by atoms with van der Waals surface area (Å²) in [4.78, 5) is -0.389. The molecule has 0 spiro atoms. The molecule has 0 saturated carbocycles. The zero-order valence-corrected chi connectivity index (χ0v) is 22.2. The summed E-state index contributed by atoms with van der Waals surface area (Å²) in [5.74, 6) is 0. The van der Waals surface area contributed by atoms with Crippen molar-refractivity contribution in [2.24, 2.45) is 0 Å². The molecule has 0 heterocycles. The highest BCUT2D eigenvalue weighted by Gasteiger charge is 2.20. The van der Waals surface area contributed by atoms with E-state index in [9.17, 15) is 25.3 Å². The van der Waals surface area contributed by atoms with Crippen LogP contribution in [0.4, 0.5) is 17.1 Å². The van der Waals surface area contributed by atoms with E-state index in [0.29, 0.717) is 0 Å². The number of rotatable bonds is 12. The topological polar surface area (TPSA) is 166 Å².